The lowest BCUT2D eigenvalue weighted by atomic mass is 9.82. The largest absolute Gasteiger partial charge is 0.289 e. The zero-order valence-electron chi connectivity index (χ0n) is 15.7. The van der Waals surface area contributed by atoms with Gasteiger partial charge in [0.2, 0.25) is 0 Å². The number of hydrogen-bond acceptors (Lipinski definition) is 1. The van der Waals surface area contributed by atoms with Crippen molar-refractivity contribution in [1.82, 2.24) is 0 Å². The second kappa shape index (κ2) is 5.83. The van der Waals surface area contributed by atoms with Gasteiger partial charge in [0.05, 0.1) is 0 Å². The van der Waals surface area contributed by atoms with E-state index in [0.29, 0.717) is 17.6 Å². The first-order chi connectivity index (χ1) is 12.2. The van der Waals surface area contributed by atoms with Crippen LogP contribution < -0.4 is 0 Å². The van der Waals surface area contributed by atoms with E-state index >= 15 is 0 Å². The molecule has 0 spiro atoms. The molecule has 3 atom stereocenters. The van der Waals surface area contributed by atoms with Gasteiger partial charge in [-0.2, -0.15) is 0 Å². The van der Waals surface area contributed by atoms with E-state index in [4.69, 9.17) is 0 Å². The maximum absolute atomic E-state index is 13.5. The van der Waals surface area contributed by atoms with E-state index in [1.54, 1.807) is 0 Å². The number of carbonyl (C=O) groups is 1. The Hall–Kier alpha value is -1.37. The highest BCUT2D eigenvalue weighted by Crippen LogP contribution is 2.54. The highest BCUT2D eigenvalue weighted by molar-refractivity contribution is 6.16. The summed E-state index contributed by atoms with van der Waals surface area (Å²) in [5, 5.41) is 0. The molecule has 0 aromatic carbocycles. The summed E-state index contributed by atoms with van der Waals surface area (Å²) >= 11 is 0. The van der Waals surface area contributed by atoms with Crippen molar-refractivity contribution in [2.75, 3.05) is 0 Å². The summed E-state index contributed by atoms with van der Waals surface area (Å²) < 4.78 is 0. The highest BCUT2D eigenvalue weighted by Gasteiger charge is 2.45. The molecule has 1 heteroatoms. The van der Waals surface area contributed by atoms with Crippen LogP contribution in [0.5, 0.6) is 0 Å². The van der Waals surface area contributed by atoms with Crippen LogP contribution >= 0.6 is 0 Å². The Morgan fingerprint density at radius 3 is 2.40 bits per heavy atom. The molecule has 0 aromatic heterocycles. The van der Waals surface area contributed by atoms with Gasteiger partial charge in [0, 0.05) is 11.1 Å². The molecule has 2 fully saturated rings. The van der Waals surface area contributed by atoms with Crippen molar-refractivity contribution < 1.29 is 4.79 Å². The van der Waals surface area contributed by atoms with Crippen LogP contribution in [0.4, 0.5) is 0 Å². The predicted molar refractivity (Wildman–Crippen MR) is 102 cm³/mol. The van der Waals surface area contributed by atoms with Crippen molar-refractivity contribution >= 4 is 5.78 Å². The quantitative estimate of drug-likeness (QED) is 0.611. The molecule has 0 heterocycles. The second-order valence-corrected chi connectivity index (χ2v) is 9.09. The van der Waals surface area contributed by atoms with E-state index in [1.165, 1.54) is 66.4 Å². The average Bonchev–Trinajstić information content (AvgIpc) is 3.30. The molecule has 2 unspecified atom stereocenters. The zero-order valence-corrected chi connectivity index (χ0v) is 15.7. The fourth-order valence-corrected chi connectivity index (χ4v) is 6.25. The summed E-state index contributed by atoms with van der Waals surface area (Å²) in [6, 6.07) is 0. The Kier molecular flexibility index (Phi) is 3.69. The molecule has 2 saturated carbocycles. The van der Waals surface area contributed by atoms with Crippen LogP contribution in [0.2, 0.25) is 0 Å². The lowest BCUT2D eigenvalue weighted by Gasteiger charge is -2.24. The Morgan fingerprint density at radius 1 is 1.12 bits per heavy atom. The van der Waals surface area contributed by atoms with Crippen molar-refractivity contribution in [2.24, 2.45) is 23.7 Å². The number of Topliss-reactive ketones (excluding diaryl/α,β-unsaturated/α-hetero) is 1. The third-order valence-corrected chi connectivity index (χ3v) is 7.65. The molecule has 5 aliphatic carbocycles. The molecule has 0 aromatic rings. The van der Waals surface area contributed by atoms with E-state index in [2.05, 4.69) is 26.0 Å². The smallest absolute Gasteiger partial charge is 0.190 e. The van der Waals surface area contributed by atoms with E-state index in [9.17, 15) is 4.79 Å². The summed E-state index contributed by atoms with van der Waals surface area (Å²) in [5.41, 5.74) is 8.08. The van der Waals surface area contributed by atoms with E-state index in [-0.39, 0.29) is 0 Å². The van der Waals surface area contributed by atoms with Gasteiger partial charge in [0.15, 0.2) is 5.78 Å². The van der Waals surface area contributed by atoms with Gasteiger partial charge in [-0.05, 0) is 72.5 Å². The van der Waals surface area contributed by atoms with Gasteiger partial charge in [-0.15, -0.1) is 0 Å². The van der Waals surface area contributed by atoms with Crippen molar-refractivity contribution in [3.8, 4) is 0 Å². The van der Waals surface area contributed by atoms with Crippen LogP contribution in [0.25, 0.3) is 0 Å². The van der Waals surface area contributed by atoms with Crippen LogP contribution in [0.15, 0.2) is 45.6 Å². The Morgan fingerprint density at radius 2 is 1.80 bits per heavy atom. The lowest BCUT2D eigenvalue weighted by Crippen LogP contribution is -2.12. The monoisotopic (exact) mass is 334 g/mol. The second-order valence-electron chi connectivity index (χ2n) is 9.09. The molecule has 0 aliphatic heterocycles. The van der Waals surface area contributed by atoms with Crippen molar-refractivity contribution in [1.29, 1.82) is 0 Å². The number of ketones is 1. The number of allylic oxidation sites excluding steroid dienone is 8. The fraction of sp³-hybridized carbons (Fsp3) is 0.625. The van der Waals surface area contributed by atoms with Gasteiger partial charge in [-0.3, -0.25) is 4.79 Å². The Labute approximate surface area is 152 Å². The number of rotatable bonds is 3. The Balaban J connectivity index is 1.53. The maximum Gasteiger partial charge on any atom is 0.190 e. The number of hydrogen-bond donors (Lipinski definition) is 0. The van der Waals surface area contributed by atoms with E-state index in [1.807, 2.05) is 0 Å². The molecule has 0 bridgehead atoms. The van der Waals surface area contributed by atoms with Gasteiger partial charge in [-0.25, -0.2) is 0 Å². The van der Waals surface area contributed by atoms with Gasteiger partial charge in [-0.1, -0.05) is 57.3 Å². The summed E-state index contributed by atoms with van der Waals surface area (Å²) in [5.74, 6) is 3.32. The molecular formula is C24H30O. The van der Waals surface area contributed by atoms with Crippen molar-refractivity contribution in [3.05, 3.63) is 45.6 Å². The van der Waals surface area contributed by atoms with Gasteiger partial charge < -0.3 is 0 Å². The Bertz CT molecular complexity index is 743. The van der Waals surface area contributed by atoms with E-state index < -0.39 is 0 Å². The molecule has 1 nitrogen and oxygen atoms in total. The van der Waals surface area contributed by atoms with Gasteiger partial charge in [0.1, 0.15) is 0 Å². The third-order valence-electron chi connectivity index (χ3n) is 7.65. The predicted octanol–water partition coefficient (Wildman–Crippen LogP) is 6.09. The van der Waals surface area contributed by atoms with Crippen molar-refractivity contribution in [3.63, 3.8) is 0 Å². The minimum absolute atomic E-state index is 0.402. The van der Waals surface area contributed by atoms with E-state index in [0.717, 1.165) is 36.7 Å². The van der Waals surface area contributed by atoms with Crippen molar-refractivity contribution in [2.45, 2.75) is 71.6 Å². The molecular weight excluding hydrogens is 304 g/mol. The summed E-state index contributed by atoms with van der Waals surface area (Å²) in [4.78, 5) is 13.5. The molecule has 25 heavy (non-hydrogen) atoms. The first-order valence-corrected chi connectivity index (χ1v) is 10.6. The maximum atomic E-state index is 13.5. The lowest BCUT2D eigenvalue weighted by molar-refractivity contribution is -0.112. The van der Waals surface area contributed by atoms with Crippen LogP contribution in [0.3, 0.4) is 0 Å². The van der Waals surface area contributed by atoms with Crippen LogP contribution in [0, 0.1) is 23.7 Å². The summed E-state index contributed by atoms with van der Waals surface area (Å²) in [7, 11) is 0. The third kappa shape index (κ3) is 2.46. The number of carbonyl (C=O) groups excluding carboxylic acids is 1. The standard InChI is InChI=1S/C24H30O/c1-3-15-13-21-20(10-14(15)2)22(16-8-9-16)23(24(21)25)19-11-17-6-4-5-7-18(17)12-19/h8,13-14,17-19H,3-7,9-12H2,1-2H3/t14-,17?,18?,19?/m0/s1. The van der Waals surface area contributed by atoms with Gasteiger partial charge >= 0.3 is 0 Å². The van der Waals surface area contributed by atoms with Gasteiger partial charge in [0.25, 0.3) is 0 Å². The first-order valence-electron chi connectivity index (χ1n) is 10.6. The molecule has 5 aliphatic rings. The minimum Gasteiger partial charge on any atom is -0.289 e. The zero-order chi connectivity index (χ0) is 17.1. The minimum atomic E-state index is 0.402. The average molecular weight is 335 g/mol. The SMILES string of the molecule is CCC1=CC2=C(C[C@@H]1C)C(C1=CC1)=C(C1CC3CCCCC3C1)C2=O. The molecule has 0 saturated heterocycles. The topological polar surface area (TPSA) is 17.1 Å². The molecule has 0 N–H and O–H groups in total. The first kappa shape index (κ1) is 15.9. The van der Waals surface area contributed by atoms with Crippen LogP contribution in [-0.2, 0) is 4.79 Å². The summed E-state index contributed by atoms with van der Waals surface area (Å²) in [6.45, 7) is 4.57. The van der Waals surface area contributed by atoms with Crippen LogP contribution in [0.1, 0.15) is 71.6 Å². The molecule has 0 amide bonds. The number of fused-ring (bicyclic) bond motifs is 1. The highest BCUT2D eigenvalue weighted by atomic mass is 16.1. The fourth-order valence-electron chi connectivity index (χ4n) is 6.25. The van der Waals surface area contributed by atoms with Crippen LogP contribution in [-0.4, -0.2) is 5.78 Å². The molecule has 5 rings (SSSR count). The molecule has 132 valence electrons. The summed E-state index contributed by atoms with van der Waals surface area (Å²) in [6.07, 6.45) is 16.1. The normalized spacial score (nSPS) is 37.1. The molecule has 0 radical (unpaired) electrons.